The summed E-state index contributed by atoms with van der Waals surface area (Å²) >= 11 is 6.07. The van der Waals surface area contributed by atoms with E-state index in [4.69, 9.17) is 11.6 Å². The Morgan fingerprint density at radius 3 is 2.44 bits per heavy atom. The number of hydrogen-bond acceptors (Lipinski definition) is 4. The van der Waals surface area contributed by atoms with E-state index in [1.165, 1.54) is 0 Å². The molecular weight excluding hydrogens is 382 g/mol. The van der Waals surface area contributed by atoms with E-state index in [9.17, 15) is 8.42 Å². The van der Waals surface area contributed by atoms with Gasteiger partial charge >= 0.3 is 0 Å². The van der Waals surface area contributed by atoms with Crippen molar-refractivity contribution in [3.8, 4) is 0 Å². The molecule has 7 heteroatoms. The highest BCUT2D eigenvalue weighted by molar-refractivity contribution is 7.95. The van der Waals surface area contributed by atoms with Crippen molar-refractivity contribution in [3.63, 3.8) is 0 Å². The van der Waals surface area contributed by atoms with Gasteiger partial charge in [-0.15, -0.1) is 0 Å². The lowest BCUT2D eigenvalue weighted by Gasteiger charge is -2.33. The normalized spacial score (nSPS) is 21.1. The number of nitrogens with zero attached hydrogens (tertiary/aromatic N) is 2. The number of fused-ring (bicyclic) bond motifs is 1. The lowest BCUT2D eigenvalue weighted by atomic mass is 10.0. The van der Waals surface area contributed by atoms with Gasteiger partial charge in [0, 0.05) is 16.8 Å². The van der Waals surface area contributed by atoms with Crippen LogP contribution >= 0.6 is 11.6 Å². The van der Waals surface area contributed by atoms with E-state index in [0.717, 1.165) is 49.2 Å². The van der Waals surface area contributed by atoms with Gasteiger partial charge in [0.05, 0.1) is 15.8 Å². The topological polar surface area (TPSA) is 64.0 Å². The van der Waals surface area contributed by atoms with Gasteiger partial charge in [-0.25, -0.2) is 13.1 Å². The van der Waals surface area contributed by atoms with Crippen LogP contribution in [0.1, 0.15) is 56.3 Å². The minimum Gasteiger partial charge on any atom is -0.343 e. The highest BCUT2D eigenvalue weighted by Gasteiger charge is 2.40. The molecule has 1 atom stereocenters. The van der Waals surface area contributed by atoms with Gasteiger partial charge in [0.15, 0.2) is 9.84 Å². The Labute approximate surface area is 165 Å². The zero-order valence-corrected chi connectivity index (χ0v) is 17.1. The molecule has 2 aliphatic rings. The molecule has 2 aromatic rings. The summed E-state index contributed by atoms with van der Waals surface area (Å²) in [6.45, 7) is 3.76. The number of sulfone groups is 1. The molecule has 0 saturated heterocycles. The summed E-state index contributed by atoms with van der Waals surface area (Å²) in [7, 11) is -3.45. The summed E-state index contributed by atoms with van der Waals surface area (Å²) in [6, 6.07) is 8.85. The monoisotopic (exact) mass is 405 g/mol. The largest absolute Gasteiger partial charge is 0.343 e. The first kappa shape index (κ1) is 18.6. The van der Waals surface area contributed by atoms with E-state index in [2.05, 4.69) is 10.4 Å². The Bertz CT molecular complexity index is 987. The fraction of sp³-hybridized carbons (Fsp3) is 0.450. The number of halogens is 1. The van der Waals surface area contributed by atoms with Crippen LogP contribution in [0, 0.1) is 6.92 Å². The molecule has 0 bridgehead atoms. The molecule has 2 heterocycles. The smallest absolute Gasteiger partial charge is 0.181 e. The van der Waals surface area contributed by atoms with Gasteiger partial charge < -0.3 is 5.32 Å². The standard InChI is InChI=1S/C20H24ClN3O2S/c1-13-12-18-22-14(2)20(27(25,26)17-6-4-3-5-7-17)19(24(18)23-13)15-8-10-16(21)11-9-15/h8-12,17,19,22H,3-7H2,1-2H3. The Balaban J connectivity index is 1.88. The van der Waals surface area contributed by atoms with Gasteiger partial charge in [0.2, 0.25) is 0 Å². The summed E-state index contributed by atoms with van der Waals surface area (Å²) in [6.07, 6.45) is 4.53. The van der Waals surface area contributed by atoms with Gasteiger partial charge in [0.1, 0.15) is 11.9 Å². The molecule has 1 aliphatic carbocycles. The molecule has 5 nitrogen and oxygen atoms in total. The summed E-state index contributed by atoms with van der Waals surface area (Å²) in [5.41, 5.74) is 2.41. The second-order valence-corrected chi connectivity index (χ2v) is 10.1. The number of aryl methyl sites for hydroxylation is 1. The van der Waals surface area contributed by atoms with Crippen LogP contribution in [-0.2, 0) is 9.84 Å². The minimum atomic E-state index is -3.45. The van der Waals surface area contributed by atoms with E-state index < -0.39 is 15.9 Å². The molecule has 1 aromatic heterocycles. The number of rotatable bonds is 3. The first-order valence-corrected chi connectivity index (χ1v) is 11.3. The lowest BCUT2D eigenvalue weighted by molar-refractivity contribution is 0.481. The number of allylic oxidation sites excluding steroid dienone is 2. The third-order valence-electron chi connectivity index (χ3n) is 5.52. The van der Waals surface area contributed by atoms with Crippen LogP contribution in [0.25, 0.3) is 0 Å². The predicted molar refractivity (Wildman–Crippen MR) is 109 cm³/mol. The average Bonchev–Trinajstić information content (AvgIpc) is 3.01. The maximum absolute atomic E-state index is 13.7. The van der Waals surface area contributed by atoms with E-state index in [1.807, 2.05) is 32.0 Å². The number of benzene rings is 1. The summed E-state index contributed by atoms with van der Waals surface area (Å²) in [5, 5.41) is 8.17. The van der Waals surface area contributed by atoms with Crippen molar-refractivity contribution in [1.29, 1.82) is 0 Å². The van der Waals surface area contributed by atoms with Crippen LogP contribution in [0.4, 0.5) is 5.82 Å². The van der Waals surface area contributed by atoms with Gasteiger partial charge in [0.25, 0.3) is 0 Å². The van der Waals surface area contributed by atoms with Crippen LogP contribution in [0.15, 0.2) is 40.9 Å². The second-order valence-electron chi connectivity index (χ2n) is 7.49. The molecule has 1 unspecified atom stereocenters. The molecule has 0 spiro atoms. The number of anilines is 1. The Hall–Kier alpha value is -1.79. The van der Waals surface area contributed by atoms with Crippen molar-refractivity contribution in [1.82, 2.24) is 9.78 Å². The average molecular weight is 406 g/mol. The fourth-order valence-electron chi connectivity index (χ4n) is 4.24. The SMILES string of the molecule is CC1=C(S(=O)(=O)C2CCCCC2)C(c2ccc(Cl)cc2)n2nc(C)cc2N1. The van der Waals surface area contributed by atoms with Crippen molar-refractivity contribution in [2.45, 2.75) is 57.2 Å². The molecule has 0 amide bonds. The van der Waals surface area contributed by atoms with Gasteiger partial charge in [-0.2, -0.15) is 5.10 Å². The van der Waals surface area contributed by atoms with Crippen molar-refractivity contribution >= 4 is 27.3 Å². The number of nitrogens with one attached hydrogen (secondary N) is 1. The highest BCUT2D eigenvalue weighted by atomic mass is 35.5. The number of hydrogen-bond donors (Lipinski definition) is 1. The van der Waals surface area contributed by atoms with E-state index in [0.29, 0.717) is 15.6 Å². The summed E-state index contributed by atoms with van der Waals surface area (Å²) in [5.74, 6) is 0.813. The van der Waals surface area contributed by atoms with Gasteiger partial charge in [-0.05, 0) is 44.4 Å². The van der Waals surface area contributed by atoms with Crippen molar-refractivity contribution in [2.75, 3.05) is 5.32 Å². The second kappa shape index (κ2) is 6.99. The molecule has 1 saturated carbocycles. The van der Waals surface area contributed by atoms with Crippen LogP contribution < -0.4 is 5.32 Å². The molecule has 4 rings (SSSR count). The zero-order valence-electron chi connectivity index (χ0n) is 15.6. The van der Waals surface area contributed by atoms with Crippen molar-refractivity contribution < 1.29 is 8.42 Å². The molecule has 0 radical (unpaired) electrons. The van der Waals surface area contributed by atoms with Crippen molar-refractivity contribution in [3.05, 3.63) is 57.2 Å². The quantitative estimate of drug-likeness (QED) is 0.793. The predicted octanol–water partition coefficient (Wildman–Crippen LogP) is 4.84. The molecular formula is C20H24ClN3O2S. The first-order chi connectivity index (χ1) is 12.9. The van der Waals surface area contributed by atoms with Crippen LogP contribution in [-0.4, -0.2) is 23.4 Å². The van der Waals surface area contributed by atoms with E-state index in [-0.39, 0.29) is 5.25 Å². The highest BCUT2D eigenvalue weighted by Crippen LogP contribution is 2.42. The zero-order chi connectivity index (χ0) is 19.2. The van der Waals surface area contributed by atoms with Crippen molar-refractivity contribution in [2.24, 2.45) is 0 Å². The maximum Gasteiger partial charge on any atom is 0.181 e. The molecule has 27 heavy (non-hydrogen) atoms. The summed E-state index contributed by atoms with van der Waals surface area (Å²) < 4.78 is 29.1. The lowest BCUT2D eigenvalue weighted by Crippen LogP contribution is -2.34. The fourth-order valence-corrected chi connectivity index (χ4v) is 6.70. The van der Waals surface area contributed by atoms with Crippen LogP contribution in [0.3, 0.4) is 0 Å². The van der Waals surface area contributed by atoms with E-state index in [1.54, 1.807) is 16.8 Å². The Morgan fingerprint density at radius 2 is 1.78 bits per heavy atom. The van der Waals surface area contributed by atoms with Crippen LogP contribution in [0.2, 0.25) is 5.02 Å². The number of aromatic nitrogens is 2. The van der Waals surface area contributed by atoms with Gasteiger partial charge in [-0.3, -0.25) is 0 Å². The molecule has 1 aromatic carbocycles. The molecule has 144 valence electrons. The minimum absolute atomic E-state index is 0.314. The van der Waals surface area contributed by atoms with Crippen LogP contribution in [0.5, 0.6) is 0 Å². The third-order valence-corrected chi connectivity index (χ3v) is 8.26. The van der Waals surface area contributed by atoms with Gasteiger partial charge in [-0.1, -0.05) is 43.0 Å². The molecule has 1 aliphatic heterocycles. The third kappa shape index (κ3) is 3.29. The molecule has 1 fully saturated rings. The Morgan fingerprint density at radius 1 is 1.11 bits per heavy atom. The first-order valence-electron chi connectivity index (χ1n) is 9.41. The van der Waals surface area contributed by atoms with E-state index >= 15 is 0 Å². The maximum atomic E-state index is 13.7. The molecule has 1 N–H and O–H groups in total. The Kier molecular flexibility index (Phi) is 4.80. The summed E-state index contributed by atoms with van der Waals surface area (Å²) in [4.78, 5) is 0.437.